The van der Waals surface area contributed by atoms with Crippen LogP contribution in [-0.4, -0.2) is 58.9 Å². The van der Waals surface area contributed by atoms with Crippen molar-refractivity contribution in [3.05, 3.63) is 53.9 Å². The summed E-state index contributed by atoms with van der Waals surface area (Å²) in [5.41, 5.74) is 0.000973. The first-order valence-electron chi connectivity index (χ1n) is 10.5. The Morgan fingerprint density at radius 1 is 1.12 bits per heavy atom. The molecule has 4 heterocycles. The normalized spacial score (nSPS) is 24.3. The fourth-order valence-electron chi connectivity index (χ4n) is 4.70. The number of piperidine rings is 1. The first-order valence-corrected chi connectivity index (χ1v) is 10.5. The molecule has 3 aromatic rings. The van der Waals surface area contributed by atoms with Crippen molar-refractivity contribution in [2.24, 2.45) is 5.92 Å². The molecular formula is C21H20F3N7O2. The van der Waals surface area contributed by atoms with Gasteiger partial charge in [0.2, 0.25) is 5.88 Å². The highest BCUT2D eigenvalue weighted by Crippen LogP contribution is 2.44. The highest BCUT2D eigenvalue weighted by Gasteiger charge is 2.53. The lowest BCUT2D eigenvalue weighted by Gasteiger charge is -2.37. The first-order chi connectivity index (χ1) is 15.7. The zero-order valence-electron chi connectivity index (χ0n) is 17.8. The Hall–Kier alpha value is -3.57. The van der Waals surface area contributed by atoms with Crippen LogP contribution >= 0.6 is 0 Å². The van der Waals surface area contributed by atoms with Gasteiger partial charge in [-0.3, -0.25) is 4.79 Å². The average Bonchev–Trinajstić information content (AvgIpc) is 3.50. The molecule has 1 amide bonds. The van der Waals surface area contributed by atoms with Crippen molar-refractivity contribution < 1.29 is 22.7 Å². The monoisotopic (exact) mass is 459 g/mol. The minimum atomic E-state index is -4.57. The highest BCUT2D eigenvalue weighted by molar-refractivity contribution is 5.97. The van der Waals surface area contributed by atoms with Crippen LogP contribution in [0.25, 0.3) is 5.82 Å². The van der Waals surface area contributed by atoms with Crippen molar-refractivity contribution in [3.8, 4) is 11.7 Å². The molecule has 3 aromatic heterocycles. The second kappa shape index (κ2) is 7.78. The number of ether oxygens (including phenoxy) is 1. The average molecular weight is 459 g/mol. The maximum absolute atomic E-state index is 13.6. The van der Waals surface area contributed by atoms with Crippen molar-refractivity contribution in [2.45, 2.75) is 51.1 Å². The minimum Gasteiger partial charge on any atom is -0.471 e. The van der Waals surface area contributed by atoms with E-state index in [1.807, 2.05) is 13.8 Å². The summed E-state index contributed by atoms with van der Waals surface area (Å²) in [4.78, 5) is 28.3. The van der Waals surface area contributed by atoms with Crippen LogP contribution in [0.15, 0.2) is 36.9 Å². The Morgan fingerprint density at radius 3 is 2.52 bits per heavy atom. The Balaban J connectivity index is 1.39. The molecule has 0 aromatic carbocycles. The molecule has 1 unspecified atom stereocenters. The van der Waals surface area contributed by atoms with E-state index in [4.69, 9.17) is 4.74 Å². The van der Waals surface area contributed by atoms with Crippen LogP contribution in [0.1, 0.15) is 41.5 Å². The van der Waals surface area contributed by atoms with Gasteiger partial charge >= 0.3 is 6.18 Å². The SMILES string of the molecule is Cc1ccc(C(=O)N2C3C[C@H](C[C@H]3Oc3cnc(C(F)(F)F)cn3)[C@H]2C)c(-n2nccn2)n1. The lowest BCUT2D eigenvalue weighted by Crippen LogP contribution is -2.51. The second-order valence-corrected chi connectivity index (χ2v) is 8.29. The van der Waals surface area contributed by atoms with E-state index in [-0.39, 0.29) is 29.8 Å². The van der Waals surface area contributed by atoms with Crippen LogP contribution in [0.3, 0.4) is 0 Å². The van der Waals surface area contributed by atoms with E-state index >= 15 is 0 Å². The molecule has 1 saturated heterocycles. The van der Waals surface area contributed by atoms with Gasteiger partial charge in [-0.15, -0.1) is 4.80 Å². The van der Waals surface area contributed by atoms with E-state index in [0.717, 1.165) is 18.3 Å². The number of hydrogen-bond donors (Lipinski definition) is 0. The molecule has 9 nitrogen and oxygen atoms in total. The number of likely N-dealkylation sites (tertiary alicyclic amines) is 1. The van der Waals surface area contributed by atoms with E-state index in [1.165, 1.54) is 17.2 Å². The van der Waals surface area contributed by atoms with Crippen molar-refractivity contribution in [2.75, 3.05) is 0 Å². The number of pyridine rings is 1. The number of carbonyl (C=O) groups excluding carboxylic acids is 1. The third-order valence-corrected chi connectivity index (χ3v) is 6.26. The molecule has 0 N–H and O–H groups in total. The number of nitrogens with zero attached hydrogens (tertiary/aromatic N) is 7. The van der Waals surface area contributed by atoms with E-state index < -0.39 is 18.0 Å². The molecule has 12 heteroatoms. The summed E-state index contributed by atoms with van der Waals surface area (Å²) in [5, 5.41) is 8.22. The summed E-state index contributed by atoms with van der Waals surface area (Å²) in [7, 11) is 0. The van der Waals surface area contributed by atoms with Gasteiger partial charge in [-0.05, 0) is 44.7 Å². The van der Waals surface area contributed by atoms with Gasteiger partial charge in [-0.25, -0.2) is 15.0 Å². The van der Waals surface area contributed by atoms with Gasteiger partial charge in [-0.1, -0.05) is 0 Å². The number of aryl methyl sites for hydroxylation is 1. The van der Waals surface area contributed by atoms with Gasteiger partial charge in [0, 0.05) is 11.7 Å². The molecule has 2 aliphatic rings. The van der Waals surface area contributed by atoms with Crippen molar-refractivity contribution in [1.29, 1.82) is 0 Å². The van der Waals surface area contributed by atoms with Crippen LogP contribution in [0.4, 0.5) is 13.2 Å². The number of carbonyl (C=O) groups is 1. The number of halogens is 3. The Kier molecular flexibility index (Phi) is 5.02. The highest BCUT2D eigenvalue weighted by atomic mass is 19.4. The number of rotatable bonds is 4. The van der Waals surface area contributed by atoms with Crippen molar-refractivity contribution in [1.82, 2.24) is 34.8 Å². The van der Waals surface area contributed by atoms with Crippen LogP contribution in [0.5, 0.6) is 5.88 Å². The standard InChI is InChI=1S/C21H20F3N7O2/c1-11-3-4-14(19(29-11)31-27-5-6-28-31)20(32)30-12(2)13-7-15(30)16(8-13)33-18-10-25-17(9-26-18)21(22,23)24/h3-6,9-10,12-13,15-16H,7-8H2,1-2H3/t12-,13-,15?,16-/m1/s1. The van der Waals surface area contributed by atoms with E-state index in [0.29, 0.717) is 24.0 Å². The molecule has 172 valence electrons. The zero-order valence-corrected chi connectivity index (χ0v) is 17.8. The number of hydrogen-bond acceptors (Lipinski definition) is 7. The largest absolute Gasteiger partial charge is 0.471 e. The molecule has 0 radical (unpaired) electrons. The number of fused-ring (bicyclic) bond motifs is 2. The quantitative estimate of drug-likeness (QED) is 0.592. The fraction of sp³-hybridized carbons (Fsp3) is 0.429. The van der Waals surface area contributed by atoms with E-state index in [1.54, 1.807) is 17.0 Å². The van der Waals surface area contributed by atoms with Crippen LogP contribution in [0.2, 0.25) is 0 Å². The van der Waals surface area contributed by atoms with Gasteiger partial charge in [0.1, 0.15) is 6.10 Å². The molecule has 4 atom stereocenters. The number of aromatic nitrogens is 6. The van der Waals surface area contributed by atoms with Crippen LogP contribution < -0.4 is 4.74 Å². The van der Waals surface area contributed by atoms with E-state index in [2.05, 4.69) is 25.1 Å². The third kappa shape index (κ3) is 3.79. The molecule has 1 aliphatic carbocycles. The lowest BCUT2D eigenvalue weighted by atomic mass is 9.98. The summed E-state index contributed by atoms with van der Waals surface area (Å²) in [6, 6.07) is 3.19. The molecular weight excluding hydrogens is 439 g/mol. The van der Waals surface area contributed by atoms with Crippen LogP contribution in [-0.2, 0) is 6.18 Å². The summed E-state index contributed by atoms with van der Waals surface area (Å²) in [6.45, 7) is 3.81. The van der Waals surface area contributed by atoms with Gasteiger partial charge in [0.15, 0.2) is 11.5 Å². The van der Waals surface area contributed by atoms with Gasteiger partial charge in [0.25, 0.3) is 5.91 Å². The Morgan fingerprint density at radius 2 is 1.88 bits per heavy atom. The topological polar surface area (TPSA) is 98.9 Å². The van der Waals surface area contributed by atoms with Crippen LogP contribution in [0, 0.1) is 12.8 Å². The lowest BCUT2D eigenvalue weighted by molar-refractivity contribution is -0.141. The van der Waals surface area contributed by atoms with Gasteiger partial charge < -0.3 is 9.64 Å². The maximum atomic E-state index is 13.6. The Bertz CT molecular complexity index is 1170. The smallest absolute Gasteiger partial charge is 0.434 e. The van der Waals surface area contributed by atoms with Gasteiger partial charge in [-0.2, -0.15) is 23.4 Å². The summed E-state index contributed by atoms with van der Waals surface area (Å²) in [5.74, 6) is 0.322. The number of amides is 1. The summed E-state index contributed by atoms with van der Waals surface area (Å²) < 4.78 is 44.1. The van der Waals surface area contributed by atoms with Crippen molar-refractivity contribution in [3.63, 3.8) is 0 Å². The minimum absolute atomic E-state index is 0.000894. The maximum Gasteiger partial charge on any atom is 0.434 e. The van der Waals surface area contributed by atoms with E-state index in [9.17, 15) is 18.0 Å². The molecule has 1 saturated carbocycles. The third-order valence-electron chi connectivity index (χ3n) is 6.26. The predicted octanol–water partition coefficient (Wildman–Crippen LogP) is 2.85. The molecule has 2 fully saturated rings. The van der Waals surface area contributed by atoms with Crippen molar-refractivity contribution >= 4 is 5.91 Å². The molecule has 33 heavy (non-hydrogen) atoms. The zero-order chi connectivity index (χ0) is 23.3. The first kappa shape index (κ1) is 21.3. The predicted molar refractivity (Wildman–Crippen MR) is 107 cm³/mol. The fourth-order valence-corrected chi connectivity index (χ4v) is 4.70. The molecule has 0 spiro atoms. The molecule has 5 rings (SSSR count). The summed E-state index contributed by atoms with van der Waals surface area (Å²) in [6.07, 6.45) is 1.08. The van der Waals surface area contributed by atoms with Gasteiger partial charge in [0.05, 0.1) is 36.4 Å². The molecule has 2 bridgehead atoms. The summed E-state index contributed by atoms with van der Waals surface area (Å²) >= 11 is 0. The Labute approximate surface area is 186 Å². The number of alkyl halides is 3. The molecule has 1 aliphatic heterocycles. The second-order valence-electron chi connectivity index (χ2n) is 8.29.